The molecule has 1 aromatic carbocycles. The average molecular weight is 477 g/mol. The Bertz CT molecular complexity index is 1040. The molecule has 5 nitrogen and oxygen atoms in total. The molecule has 0 saturated carbocycles. The first-order valence-electron chi connectivity index (χ1n) is 12.0. The normalized spacial score (nSPS) is 16.6. The smallest absolute Gasteiger partial charge is 0.223 e. The van der Waals surface area contributed by atoms with Gasteiger partial charge in [0.2, 0.25) is 5.91 Å². The van der Waals surface area contributed by atoms with Gasteiger partial charge in [-0.25, -0.2) is 0 Å². The van der Waals surface area contributed by atoms with E-state index >= 15 is 0 Å². The molecular formula is C28H33ClN4O. The van der Waals surface area contributed by atoms with Gasteiger partial charge < -0.3 is 15.1 Å². The van der Waals surface area contributed by atoms with Crippen molar-refractivity contribution >= 4 is 23.2 Å². The number of pyridine rings is 1. The highest BCUT2D eigenvalue weighted by atomic mass is 35.5. The van der Waals surface area contributed by atoms with Gasteiger partial charge in [0.05, 0.1) is 0 Å². The maximum atomic E-state index is 12.6. The number of amides is 1. The van der Waals surface area contributed by atoms with E-state index in [0.29, 0.717) is 5.92 Å². The zero-order chi connectivity index (χ0) is 23.8. The summed E-state index contributed by atoms with van der Waals surface area (Å²) in [5, 5.41) is 4.28. The number of carbonyl (C=O) groups excluding carboxylic acids is 1. The molecule has 1 fully saturated rings. The van der Waals surface area contributed by atoms with E-state index in [4.69, 9.17) is 11.6 Å². The van der Waals surface area contributed by atoms with Crippen LogP contribution in [0.15, 0.2) is 84.4 Å². The summed E-state index contributed by atoms with van der Waals surface area (Å²) in [6.45, 7) is 6.05. The number of benzene rings is 1. The third-order valence-corrected chi connectivity index (χ3v) is 6.80. The minimum Gasteiger partial charge on any atom is -0.371 e. The maximum absolute atomic E-state index is 12.6. The topological polar surface area (TPSA) is 48.5 Å². The van der Waals surface area contributed by atoms with Crippen molar-refractivity contribution in [2.75, 3.05) is 31.1 Å². The number of nitrogens with zero attached hydrogens (tertiary/aromatic N) is 3. The van der Waals surface area contributed by atoms with E-state index in [-0.39, 0.29) is 5.91 Å². The van der Waals surface area contributed by atoms with Gasteiger partial charge in [0.1, 0.15) is 0 Å². The molecular weight excluding hydrogens is 444 g/mol. The molecule has 1 aliphatic carbocycles. The minimum atomic E-state index is 0.117. The van der Waals surface area contributed by atoms with Crippen LogP contribution >= 0.6 is 11.6 Å². The number of rotatable bonds is 8. The monoisotopic (exact) mass is 476 g/mol. The first kappa shape index (κ1) is 24.2. The lowest BCUT2D eigenvalue weighted by molar-refractivity contribution is -0.127. The van der Waals surface area contributed by atoms with E-state index in [1.54, 1.807) is 6.92 Å². The molecule has 1 saturated heterocycles. The number of piperidine rings is 1. The van der Waals surface area contributed by atoms with E-state index in [1.807, 2.05) is 47.6 Å². The average Bonchev–Trinajstić information content (AvgIpc) is 3.10. The molecule has 6 heteroatoms. The number of nitrogens with one attached hydrogen (secondary N) is 1. The third-order valence-electron chi connectivity index (χ3n) is 6.54. The highest BCUT2D eigenvalue weighted by Crippen LogP contribution is 2.26. The van der Waals surface area contributed by atoms with Gasteiger partial charge >= 0.3 is 0 Å². The van der Waals surface area contributed by atoms with Crippen molar-refractivity contribution in [1.29, 1.82) is 0 Å². The van der Waals surface area contributed by atoms with Crippen LogP contribution in [-0.4, -0.2) is 42.0 Å². The molecule has 178 valence electrons. The summed E-state index contributed by atoms with van der Waals surface area (Å²) in [5.74, 6) is 0.622. The lowest BCUT2D eigenvalue weighted by Gasteiger charge is -2.36. The fourth-order valence-corrected chi connectivity index (χ4v) is 4.75. The Morgan fingerprint density at radius 3 is 2.47 bits per heavy atom. The quantitative estimate of drug-likeness (QED) is 0.557. The number of allylic oxidation sites excluding steroid dienone is 5. The predicted octanol–water partition coefficient (Wildman–Crippen LogP) is 5.36. The first-order valence-corrected chi connectivity index (χ1v) is 12.4. The third kappa shape index (κ3) is 6.81. The Morgan fingerprint density at radius 1 is 1.06 bits per heavy atom. The SMILES string of the molecule is CC(=O)N(CC1CCN(c2ccncc2)CC1)C1=CC=CC=C(CNCc2ccc(Cl)cc2)C1. The molecule has 1 N–H and O–H groups in total. The Morgan fingerprint density at radius 2 is 1.76 bits per heavy atom. The van der Waals surface area contributed by atoms with E-state index < -0.39 is 0 Å². The maximum Gasteiger partial charge on any atom is 0.223 e. The van der Waals surface area contributed by atoms with Crippen LogP contribution in [0.3, 0.4) is 0 Å². The predicted molar refractivity (Wildman–Crippen MR) is 140 cm³/mol. The van der Waals surface area contributed by atoms with Crippen LogP contribution < -0.4 is 10.2 Å². The summed E-state index contributed by atoms with van der Waals surface area (Å²) >= 11 is 5.98. The number of carbonyl (C=O) groups is 1. The van der Waals surface area contributed by atoms with Crippen LogP contribution in [0, 0.1) is 5.92 Å². The van der Waals surface area contributed by atoms with E-state index in [1.165, 1.54) is 16.8 Å². The van der Waals surface area contributed by atoms with Gasteiger partial charge in [-0.05, 0) is 54.7 Å². The second-order valence-corrected chi connectivity index (χ2v) is 9.48. The van der Waals surface area contributed by atoms with Crippen molar-refractivity contribution in [2.45, 2.75) is 32.7 Å². The van der Waals surface area contributed by atoms with Crippen LogP contribution in [-0.2, 0) is 11.3 Å². The van der Waals surface area contributed by atoms with Gasteiger partial charge in [-0.3, -0.25) is 9.78 Å². The van der Waals surface area contributed by atoms with Crippen LogP contribution in [0.2, 0.25) is 5.02 Å². The number of halogens is 1. The lowest BCUT2D eigenvalue weighted by atomic mass is 9.95. The molecule has 0 bridgehead atoms. The largest absolute Gasteiger partial charge is 0.371 e. The number of hydrogen-bond donors (Lipinski definition) is 1. The number of hydrogen-bond acceptors (Lipinski definition) is 4. The van der Waals surface area contributed by atoms with E-state index in [9.17, 15) is 4.79 Å². The summed E-state index contributed by atoms with van der Waals surface area (Å²) in [7, 11) is 0. The van der Waals surface area contributed by atoms with Gasteiger partial charge in [-0.1, -0.05) is 47.5 Å². The van der Waals surface area contributed by atoms with Crippen LogP contribution in [0.4, 0.5) is 5.69 Å². The highest BCUT2D eigenvalue weighted by Gasteiger charge is 2.25. The van der Waals surface area contributed by atoms with Gasteiger partial charge in [0, 0.05) is 74.9 Å². The van der Waals surface area contributed by atoms with Gasteiger partial charge in [-0.2, -0.15) is 0 Å². The minimum absolute atomic E-state index is 0.117. The molecule has 0 unspecified atom stereocenters. The molecule has 0 spiro atoms. The molecule has 1 aromatic heterocycles. The van der Waals surface area contributed by atoms with Gasteiger partial charge in [0.25, 0.3) is 0 Å². The van der Waals surface area contributed by atoms with E-state index in [0.717, 1.165) is 62.7 Å². The van der Waals surface area contributed by atoms with Gasteiger partial charge in [0.15, 0.2) is 0 Å². The molecule has 2 heterocycles. The summed E-state index contributed by atoms with van der Waals surface area (Å²) in [6, 6.07) is 12.1. The molecule has 0 radical (unpaired) electrons. The molecule has 4 rings (SSSR count). The molecule has 1 aliphatic heterocycles. The Hall–Kier alpha value is -2.89. The molecule has 1 amide bonds. The fourth-order valence-electron chi connectivity index (χ4n) is 4.62. The Labute approximate surface area is 207 Å². The zero-order valence-corrected chi connectivity index (χ0v) is 20.5. The first-order chi connectivity index (χ1) is 16.6. The van der Waals surface area contributed by atoms with Crippen molar-refractivity contribution in [3.05, 3.63) is 95.0 Å². The van der Waals surface area contributed by atoms with Crippen molar-refractivity contribution in [3.8, 4) is 0 Å². The van der Waals surface area contributed by atoms with Crippen LogP contribution in [0.5, 0.6) is 0 Å². The molecule has 0 atom stereocenters. The lowest BCUT2D eigenvalue weighted by Crippen LogP contribution is -2.40. The van der Waals surface area contributed by atoms with E-state index in [2.05, 4.69) is 45.6 Å². The summed E-state index contributed by atoms with van der Waals surface area (Å²) in [5.41, 5.74) is 4.79. The van der Waals surface area contributed by atoms with Crippen LogP contribution in [0.25, 0.3) is 0 Å². The fraction of sp³-hybridized carbons (Fsp3) is 0.357. The Balaban J connectivity index is 1.31. The second-order valence-electron chi connectivity index (χ2n) is 9.04. The standard InChI is InChI=1S/C28H33ClN4O/c1-22(34)33(21-24-12-16-32(17-13-24)27-10-14-30-15-11-27)28-5-3-2-4-25(18-28)20-31-19-23-6-8-26(29)9-7-23/h2-11,14-15,24,31H,12-13,16-21H2,1H3. The highest BCUT2D eigenvalue weighted by molar-refractivity contribution is 6.30. The van der Waals surface area contributed by atoms with Crippen molar-refractivity contribution in [2.24, 2.45) is 5.92 Å². The number of anilines is 1. The zero-order valence-electron chi connectivity index (χ0n) is 19.8. The summed E-state index contributed by atoms with van der Waals surface area (Å²) in [4.78, 5) is 21.2. The number of aromatic nitrogens is 1. The Kier molecular flexibility index (Phi) is 8.56. The summed E-state index contributed by atoms with van der Waals surface area (Å²) < 4.78 is 0. The van der Waals surface area contributed by atoms with Crippen molar-refractivity contribution < 1.29 is 4.79 Å². The van der Waals surface area contributed by atoms with Gasteiger partial charge in [-0.15, -0.1) is 0 Å². The van der Waals surface area contributed by atoms with Crippen molar-refractivity contribution in [1.82, 2.24) is 15.2 Å². The molecule has 34 heavy (non-hydrogen) atoms. The molecule has 2 aliphatic rings. The summed E-state index contributed by atoms with van der Waals surface area (Å²) in [6.07, 6.45) is 15.0. The second kappa shape index (κ2) is 12.0. The van der Waals surface area contributed by atoms with Crippen LogP contribution in [0.1, 0.15) is 31.7 Å². The van der Waals surface area contributed by atoms with Crippen molar-refractivity contribution in [3.63, 3.8) is 0 Å². The molecule has 2 aromatic rings.